The Morgan fingerprint density at radius 1 is 1.29 bits per heavy atom. The molecule has 1 rings (SSSR count). The van der Waals surface area contributed by atoms with Gasteiger partial charge in [-0.05, 0) is 22.9 Å². The molecule has 0 saturated carbocycles. The van der Waals surface area contributed by atoms with Gasteiger partial charge in [0.1, 0.15) is 32.3 Å². The fourth-order valence-corrected chi connectivity index (χ4v) is 2.10. The highest BCUT2D eigenvalue weighted by molar-refractivity contribution is 9.10. The van der Waals surface area contributed by atoms with Crippen molar-refractivity contribution in [2.75, 3.05) is 35.7 Å². The van der Waals surface area contributed by atoms with E-state index in [-0.39, 0.29) is 5.75 Å². The minimum absolute atomic E-state index is 0.0694. The summed E-state index contributed by atoms with van der Waals surface area (Å²) in [5.41, 5.74) is 0. The van der Waals surface area contributed by atoms with Gasteiger partial charge in [0.15, 0.2) is 0 Å². The first-order valence-corrected chi connectivity index (χ1v) is 7.95. The Balaban J connectivity index is 2.68. The van der Waals surface area contributed by atoms with Gasteiger partial charge in [-0.1, -0.05) is 0 Å². The third-order valence-electron chi connectivity index (χ3n) is 1.90. The van der Waals surface area contributed by atoms with Crippen molar-refractivity contribution < 1.29 is 8.42 Å². The molecule has 0 saturated heterocycles. The number of nitrogens with zero attached hydrogens (tertiary/aromatic N) is 2. The summed E-state index contributed by atoms with van der Waals surface area (Å²) in [5, 5.41) is 6.02. The van der Waals surface area contributed by atoms with Crippen LogP contribution in [0.5, 0.6) is 0 Å². The van der Waals surface area contributed by atoms with Crippen LogP contribution in [0, 0.1) is 0 Å². The van der Waals surface area contributed by atoms with Gasteiger partial charge >= 0.3 is 0 Å². The van der Waals surface area contributed by atoms with E-state index in [4.69, 9.17) is 0 Å². The minimum atomic E-state index is -2.96. The Morgan fingerprint density at radius 3 is 2.41 bits per heavy atom. The number of hydrogen-bond donors (Lipinski definition) is 2. The smallest absolute Gasteiger partial charge is 0.149 e. The van der Waals surface area contributed by atoms with E-state index in [9.17, 15) is 8.42 Å². The van der Waals surface area contributed by atoms with E-state index in [1.807, 2.05) is 6.92 Å². The summed E-state index contributed by atoms with van der Waals surface area (Å²) in [4.78, 5) is 8.09. The average Bonchev–Trinajstić information content (AvgIpc) is 2.22. The molecule has 0 fully saturated rings. The van der Waals surface area contributed by atoms with E-state index >= 15 is 0 Å². The first kappa shape index (κ1) is 14.2. The van der Waals surface area contributed by atoms with Gasteiger partial charge in [0.05, 0.1) is 5.75 Å². The fraction of sp³-hybridized carbons (Fsp3) is 0.556. The Kier molecular flexibility index (Phi) is 5.13. The molecular formula is C9H15BrN4O2S. The number of anilines is 2. The van der Waals surface area contributed by atoms with Crippen molar-refractivity contribution in [2.45, 2.75) is 6.92 Å². The monoisotopic (exact) mass is 322 g/mol. The molecule has 0 bridgehead atoms. The van der Waals surface area contributed by atoms with Crippen molar-refractivity contribution in [1.82, 2.24) is 9.97 Å². The highest BCUT2D eigenvalue weighted by atomic mass is 79.9. The van der Waals surface area contributed by atoms with Crippen molar-refractivity contribution in [1.29, 1.82) is 0 Å². The zero-order valence-electron chi connectivity index (χ0n) is 9.70. The van der Waals surface area contributed by atoms with E-state index in [0.717, 1.165) is 6.54 Å². The Labute approximate surface area is 109 Å². The summed E-state index contributed by atoms with van der Waals surface area (Å²) < 4.78 is 22.7. The highest BCUT2D eigenvalue weighted by Gasteiger charge is 2.08. The molecule has 0 aliphatic carbocycles. The summed E-state index contributed by atoms with van der Waals surface area (Å²) in [7, 11) is -2.96. The molecule has 0 aliphatic heterocycles. The molecule has 8 heteroatoms. The van der Waals surface area contributed by atoms with Gasteiger partial charge in [0.2, 0.25) is 0 Å². The van der Waals surface area contributed by atoms with E-state index in [1.165, 1.54) is 12.6 Å². The van der Waals surface area contributed by atoms with Crippen molar-refractivity contribution in [3.8, 4) is 0 Å². The molecule has 2 N–H and O–H groups in total. The number of halogens is 1. The second-order valence-electron chi connectivity index (χ2n) is 3.47. The largest absolute Gasteiger partial charge is 0.369 e. The van der Waals surface area contributed by atoms with Crippen LogP contribution in [-0.4, -0.2) is 43.5 Å². The maximum atomic E-state index is 11.0. The average molecular weight is 323 g/mol. The molecule has 1 aromatic rings. The lowest BCUT2D eigenvalue weighted by atomic mass is 10.5. The SMILES string of the molecule is CCNc1ncnc(NCCS(C)(=O)=O)c1Br. The van der Waals surface area contributed by atoms with E-state index in [0.29, 0.717) is 22.7 Å². The molecule has 0 unspecified atom stereocenters. The maximum Gasteiger partial charge on any atom is 0.149 e. The molecule has 0 radical (unpaired) electrons. The quantitative estimate of drug-likeness (QED) is 0.816. The van der Waals surface area contributed by atoms with Gasteiger partial charge in [0.25, 0.3) is 0 Å². The lowest BCUT2D eigenvalue weighted by Gasteiger charge is -2.10. The zero-order chi connectivity index (χ0) is 12.9. The van der Waals surface area contributed by atoms with Gasteiger partial charge in [-0.3, -0.25) is 0 Å². The molecule has 1 heterocycles. The molecule has 0 aliphatic rings. The van der Waals surface area contributed by atoms with Gasteiger partial charge in [-0.2, -0.15) is 0 Å². The van der Waals surface area contributed by atoms with Crippen LogP contribution in [0.2, 0.25) is 0 Å². The summed E-state index contributed by atoms with van der Waals surface area (Å²) >= 11 is 3.36. The van der Waals surface area contributed by atoms with Crippen LogP contribution < -0.4 is 10.6 Å². The highest BCUT2D eigenvalue weighted by Crippen LogP contribution is 2.25. The number of sulfone groups is 1. The first-order chi connectivity index (χ1) is 7.94. The minimum Gasteiger partial charge on any atom is -0.369 e. The van der Waals surface area contributed by atoms with Gasteiger partial charge < -0.3 is 10.6 Å². The van der Waals surface area contributed by atoms with Crippen LogP contribution in [0.1, 0.15) is 6.92 Å². The second-order valence-corrected chi connectivity index (χ2v) is 6.52. The predicted octanol–water partition coefficient (Wildman–Crippen LogP) is 1.13. The molecule has 17 heavy (non-hydrogen) atoms. The Morgan fingerprint density at radius 2 is 1.88 bits per heavy atom. The lowest BCUT2D eigenvalue weighted by Crippen LogP contribution is -2.15. The van der Waals surface area contributed by atoms with Crippen molar-refractivity contribution in [3.05, 3.63) is 10.8 Å². The summed E-state index contributed by atoms with van der Waals surface area (Å²) in [6, 6.07) is 0. The number of rotatable bonds is 6. The van der Waals surface area contributed by atoms with Gasteiger partial charge in [0, 0.05) is 19.3 Å². The number of nitrogens with one attached hydrogen (secondary N) is 2. The standard InChI is InChI=1S/C9H15BrN4O2S/c1-3-11-8-7(10)9(14-6-13-8)12-4-5-17(2,15)16/h6H,3-5H2,1-2H3,(H2,11,12,13,14). The van der Waals surface area contributed by atoms with E-state index in [2.05, 4.69) is 36.5 Å². The van der Waals surface area contributed by atoms with E-state index in [1.54, 1.807) is 0 Å². The van der Waals surface area contributed by atoms with Crippen molar-refractivity contribution >= 4 is 37.4 Å². The van der Waals surface area contributed by atoms with Gasteiger partial charge in [-0.15, -0.1) is 0 Å². The van der Waals surface area contributed by atoms with Gasteiger partial charge in [-0.25, -0.2) is 18.4 Å². The summed E-state index contributed by atoms with van der Waals surface area (Å²) in [6.07, 6.45) is 2.62. The summed E-state index contributed by atoms with van der Waals surface area (Å²) in [5.74, 6) is 1.34. The first-order valence-electron chi connectivity index (χ1n) is 5.10. The Bertz CT molecular complexity index is 478. The lowest BCUT2D eigenvalue weighted by molar-refractivity contribution is 0.602. The van der Waals surface area contributed by atoms with Crippen LogP contribution in [-0.2, 0) is 9.84 Å². The normalized spacial score (nSPS) is 11.2. The maximum absolute atomic E-state index is 11.0. The van der Waals surface area contributed by atoms with E-state index < -0.39 is 9.84 Å². The molecule has 1 aromatic heterocycles. The van der Waals surface area contributed by atoms with Crippen molar-refractivity contribution in [2.24, 2.45) is 0 Å². The predicted molar refractivity (Wildman–Crippen MR) is 72.1 cm³/mol. The third-order valence-corrected chi connectivity index (χ3v) is 3.60. The number of hydrogen-bond acceptors (Lipinski definition) is 6. The van der Waals surface area contributed by atoms with Crippen LogP contribution in [0.15, 0.2) is 10.8 Å². The molecule has 0 amide bonds. The summed E-state index contributed by atoms with van der Waals surface area (Å²) in [6.45, 7) is 3.03. The molecular weight excluding hydrogens is 308 g/mol. The zero-order valence-corrected chi connectivity index (χ0v) is 12.1. The second kappa shape index (κ2) is 6.15. The molecule has 0 spiro atoms. The molecule has 0 aromatic carbocycles. The molecule has 6 nitrogen and oxygen atoms in total. The Hall–Kier alpha value is -0.890. The van der Waals surface area contributed by atoms with Crippen LogP contribution in [0.3, 0.4) is 0 Å². The van der Waals surface area contributed by atoms with Crippen molar-refractivity contribution in [3.63, 3.8) is 0 Å². The number of aromatic nitrogens is 2. The topological polar surface area (TPSA) is 84.0 Å². The molecule has 96 valence electrons. The van der Waals surface area contributed by atoms with Crippen LogP contribution in [0.25, 0.3) is 0 Å². The third kappa shape index (κ3) is 4.86. The van der Waals surface area contributed by atoms with Crippen LogP contribution >= 0.6 is 15.9 Å². The fourth-order valence-electron chi connectivity index (χ4n) is 1.14. The van der Waals surface area contributed by atoms with Crippen LogP contribution in [0.4, 0.5) is 11.6 Å². The molecule has 0 atom stereocenters.